The lowest BCUT2D eigenvalue weighted by Crippen LogP contribution is -2.39. The van der Waals surface area contributed by atoms with Gasteiger partial charge in [0.2, 0.25) is 0 Å². The van der Waals surface area contributed by atoms with Gasteiger partial charge in [-0.05, 0) is 36.8 Å². The predicted octanol–water partition coefficient (Wildman–Crippen LogP) is 5.63. The highest BCUT2D eigenvalue weighted by molar-refractivity contribution is 7.99. The van der Waals surface area contributed by atoms with Gasteiger partial charge in [0.1, 0.15) is 5.15 Å². The van der Waals surface area contributed by atoms with E-state index in [1.54, 1.807) is 35.7 Å². The number of pyridine rings is 1. The zero-order valence-electron chi connectivity index (χ0n) is 14.9. The van der Waals surface area contributed by atoms with Crippen molar-refractivity contribution in [3.05, 3.63) is 65.8 Å². The number of halogens is 1. The van der Waals surface area contributed by atoms with E-state index in [2.05, 4.69) is 4.98 Å². The normalized spacial score (nSPS) is 14.3. The Balaban J connectivity index is 2.02. The van der Waals surface area contributed by atoms with Crippen molar-refractivity contribution >= 4 is 44.9 Å². The molecule has 1 N–H and O–H groups in total. The molecule has 144 valence electrons. The smallest absolute Gasteiger partial charge is 0.286 e. The average molecular weight is 433 g/mol. The summed E-state index contributed by atoms with van der Waals surface area (Å²) in [6.45, 7) is 1.74. The molecule has 0 aliphatic carbocycles. The summed E-state index contributed by atoms with van der Waals surface area (Å²) < 4.78 is 34.5. The van der Waals surface area contributed by atoms with E-state index in [0.717, 1.165) is 21.0 Å². The van der Waals surface area contributed by atoms with E-state index < -0.39 is 15.5 Å². The number of anilines is 2. The number of benzene rings is 2. The van der Waals surface area contributed by atoms with Gasteiger partial charge in [-0.15, -0.1) is 0 Å². The number of rotatable bonds is 4. The van der Waals surface area contributed by atoms with Crippen LogP contribution in [0.2, 0.25) is 5.15 Å². The number of hydrogen-bond donors (Lipinski definition) is 1. The predicted molar refractivity (Wildman–Crippen MR) is 113 cm³/mol. The number of fused-ring (bicyclic) bond motifs is 2. The zero-order valence-corrected chi connectivity index (χ0v) is 17.3. The Morgan fingerprint density at radius 3 is 2.50 bits per heavy atom. The van der Waals surface area contributed by atoms with Crippen molar-refractivity contribution in [1.82, 2.24) is 4.98 Å². The molecule has 3 aromatic rings. The molecule has 0 spiro atoms. The number of nitrogens with zero attached hydrogens (tertiary/aromatic N) is 2. The van der Waals surface area contributed by atoms with Crippen molar-refractivity contribution in [2.45, 2.75) is 28.5 Å². The lowest BCUT2D eigenvalue weighted by Gasteiger charge is -2.38. The maximum absolute atomic E-state index is 12.3. The van der Waals surface area contributed by atoms with Crippen LogP contribution in [-0.2, 0) is 10.1 Å². The molecule has 1 aromatic heterocycles. The van der Waals surface area contributed by atoms with E-state index in [4.69, 9.17) is 11.6 Å². The first-order valence-electron chi connectivity index (χ1n) is 8.68. The molecule has 5 nitrogen and oxygen atoms in total. The van der Waals surface area contributed by atoms with Gasteiger partial charge in [-0.1, -0.05) is 60.6 Å². The lowest BCUT2D eigenvalue weighted by molar-refractivity contribution is 0.464. The fourth-order valence-electron chi connectivity index (χ4n) is 3.43. The van der Waals surface area contributed by atoms with Crippen LogP contribution in [-0.4, -0.2) is 23.3 Å². The van der Waals surface area contributed by atoms with Crippen LogP contribution in [0.25, 0.3) is 11.3 Å². The molecule has 0 saturated carbocycles. The highest BCUT2D eigenvalue weighted by Gasteiger charge is 2.36. The van der Waals surface area contributed by atoms with E-state index in [1.807, 2.05) is 48.5 Å². The lowest BCUT2D eigenvalue weighted by atomic mass is 10.1. The third kappa shape index (κ3) is 3.39. The maximum Gasteiger partial charge on any atom is 0.286 e. The molecular weight excluding hydrogens is 416 g/mol. The average Bonchev–Trinajstić information content (AvgIpc) is 2.66. The summed E-state index contributed by atoms with van der Waals surface area (Å²) >= 11 is 7.65. The standard InChI is InChI=1S/C20H17ClN2O3S2/c1-2-19(28(24,25)26)23-15-9-3-4-10-16(15)27-17-11-5-7-13(20(17)23)14-8-6-12-18(21)22-14/h3-12,19H,2H2,1H3,(H,24,25,26). The first-order valence-corrected chi connectivity index (χ1v) is 11.4. The number of para-hydroxylation sites is 2. The molecule has 4 rings (SSSR count). The third-order valence-corrected chi connectivity index (χ3v) is 7.11. The van der Waals surface area contributed by atoms with Gasteiger partial charge in [0.15, 0.2) is 5.37 Å². The summed E-state index contributed by atoms with van der Waals surface area (Å²) in [6, 6.07) is 18.6. The molecule has 0 amide bonds. The van der Waals surface area contributed by atoms with Gasteiger partial charge in [-0.2, -0.15) is 8.42 Å². The number of aromatic nitrogens is 1. The van der Waals surface area contributed by atoms with Gasteiger partial charge in [-0.3, -0.25) is 4.55 Å². The van der Waals surface area contributed by atoms with Crippen LogP contribution in [0, 0.1) is 0 Å². The van der Waals surface area contributed by atoms with Crippen LogP contribution in [0.4, 0.5) is 11.4 Å². The molecule has 0 bridgehead atoms. The maximum atomic E-state index is 12.3. The molecule has 1 unspecified atom stereocenters. The highest BCUT2D eigenvalue weighted by atomic mass is 35.5. The SMILES string of the molecule is CCC(N1c2ccccc2Sc2cccc(-c3cccc(Cl)n3)c21)S(=O)(=O)O. The topological polar surface area (TPSA) is 70.5 Å². The Kier molecular flexibility index (Phi) is 5.09. The van der Waals surface area contributed by atoms with Crippen molar-refractivity contribution in [2.24, 2.45) is 0 Å². The first-order chi connectivity index (χ1) is 13.4. The minimum atomic E-state index is -4.34. The first kappa shape index (κ1) is 19.3. The van der Waals surface area contributed by atoms with Gasteiger partial charge >= 0.3 is 0 Å². The summed E-state index contributed by atoms with van der Waals surface area (Å²) in [4.78, 5) is 7.92. The molecule has 0 saturated heterocycles. The van der Waals surface area contributed by atoms with E-state index in [0.29, 0.717) is 16.5 Å². The van der Waals surface area contributed by atoms with Gasteiger partial charge < -0.3 is 4.90 Å². The summed E-state index contributed by atoms with van der Waals surface area (Å²) in [5, 5.41) is -0.763. The van der Waals surface area contributed by atoms with Crippen LogP contribution in [0.15, 0.2) is 70.5 Å². The summed E-state index contributed by atoms with van der Waals surface area (Å²) in [7, 11) is -4.34. The summed E-state index contributed by atoms with van der Waals surface area (Å²) in [6.07, 6.45) is 0.217. The fraction of sp³-hybridized carbons (Fsp3) is 0.150. The Labute approximate surface area is 173 Å². The van der Waals surface area contributed by atoms with E-state index in [9.17, 15) is 13.0 Å². The van der Waals surface area contributed by atoms with E-state index in [-0.39, 0.29) is 6.42 Å². The molecule has 0 radical (unpaired) electrons. The largest absolute Gasteiger partial charge is 0.319 e. The second-order valence-corrected chi connectivity index (χ2v) is 9.36. The molecule has 2 aromatic carbocycles. The molecular formula is C20H17ClN2O3S2. The van der Waals surface area contributed by atoms with Gasteiger partial charge in [-0.25, -0.2) is 4.98 Å². The Morgan fingerprint density at radius 1 is 1.07 bits per heavy atom. The Bertz CT molecular complexity index is 1150. The quantitative estimate of drug-likeness (QED) is 0.425. The molecule has 1 aliphatic heterocycles. The van der Waals surface area contributed by atoms with Crippen molar-refractivity contribution in [1.29, 1.82) is 0 Å². The van der Waals surface area contributed by atoms with Gasteiger partial charge in [0, 0.05) is 15.4 Å². The highest BCUT2D eigenvalue weighted by Crippen LogP contribution is 2.52. The van der Waals surface area contributed by atoms with Crippen molar-refractivity contribution in [3.8, 4) is 11.3 Å². The van der Waals surface area contributed by atoms with Crippen LogP contribution in [0.5, 0.6) is 0 Å². The van der Waals surface area contributed by atoms with Gasteiger partial charge in [0.05, 0.1) is 17.1 Å². The zero-order chi connectivity index (χ0) is 19.9. The molecule has 2 heterocycles. The second-order valence-electron chi connectivity index (χ2n) is 6.32. The Morgan fingerprint density at radius 2 is 1.79 bits per heavy atom. The molecule has 0 fully saturated rings. The van der Waals surface area contributed by atoms with Crippen LogP contribution >= 0.6 is 23.4 Å². The number of hydrogen-bond acceptors (Lipinski definition) is 5. The molecule has 1 aliphatic rings. The van der Waals surface area contributed by atoms with Crippen LogP contribution < -0.4 is 4.90 Å². The van der Waals surface area contributed by atoms with Crippen LogP contribution in [0.3, 0.4) is 0 Å². The van der Waals surface area contributed by atoms with Crippen LogP contribution in [0.1, 0.15) is 13.3 Å². The monoisotopic (exact) mass is 432 g/mol. The second kappa shape index (κ2) is 7.40. The molecule has 28 heavy (non-hydrogen) atoms. The summed E-state index contributed by atoms with van der Waals surface area (Å²) in [5.41, 5.74) is 2.83. The van der Waals surface area contributed by atoms with E-state index >= 15 is 0 Å². The van der Waals surface area contributed by atoms with E-state index in [1.165, 1.54) is 0 Å². The summed E-state index contributed by atoms with van der Waals surface area (Å²) in [5.74, 6) is 0. The molecule has 8 heteroatoms. The minimum Gasteiger partial charge on any atom is -0.319 e. The van der Waals surface area contributed by atoms with Gasteiger partial charge in [0.25, 0.3) is 10.1 Å². The fourth-order valence-corrected chi connectivity index (χ4v) is 5.60. The van der Waals surface area contributed by atoms with Crippen molar-refractivity contribution in [2.75, 3.05) is 4.90 Å². The minimum absolute atomic E-state index is 0.217. The van der Waals surface area contributed by atoms with Crippen molar-refractivity contribution in [3.63, 3.8) is 0 Å². The molecule has 1 atom stereocenters. The third-order valence-electron chi connectivity index (χ3n) is 4.56. The Hall–Kier alpha value is -2.06. The van der Waals surface area contributed by atoms with Crippen molar-refractivity contribution < 1.29 is 13.0 Å².